The molecule has 1 fully saturated rings. The van der Waals surface area contributed by atoms with Gasteiger partial charge in [0, 0.05) is 18.8 Å². The zero-order valence-electron chi connectivity index (χ0n) is 18.0. The van der Waals surface area contributed by atoms with E-state index in [9.17, 15) is 4.79 Å². The molecular weight excluding hydrogens is 360 g/mol. The van der Waals surface area contributed by atoms with Gasteiger partial charge in [0.05, 0.1) is 6.04 Å². The summed E-state index contributed by atoms with van der Waals surface area (Å²) in [7, 11) is 0. The summed E-state index contributed by atoms with van der Waals surface area (Å²) in [6.45, 7) is 13.5. The first kappa shape index (κ1) is 21.0. The zero-order valence-corrected chi connectivity index (χ0v) is 18.0. The van der Waals surface area contributed by atoms with E-state index < -0.39 is 5.60 Å². The van der Waals surface area contributed by atoms with E-state index >= 15 is 0 Å². The molecule has 0 bridgehead atoms. The van der Waals surface area contributed by atoms with Crippen molar-refractivity contribution in [3.05, 3.63) is 72.6 Å². The standard InChI is InChI=1S/C25H32N2O2/c1-6-16-26(18-21-13-9-12-20-11-7-8-14-22(20)21)19(2)23-15-10-17-27(23)24(28)29-25(3,4)5/h6-9,11-14,16,23H,2,10,15,17-18H2,1,3-5H3/b16-6-. The molecule has 1 aliphatic heterocycles. The molecule has 4 heteroatoms. The third kappa shape index (κ3) is 5.00. The number of carbonyl (C=O) groups is 1. The fourth-order valence-corrected chi connectivity index (χ4v) is 3.89. The SMILES string of the molecule is C=C(C1CCCN1C(=O)OC(C)(C)C)N(/C=C\C)Cc1cccc2ccccc12. The fourth-order valence-electron chi connectivity index (χ4n) is 3.89. The molecule has 1 atom stereocenters. The zero-order chi connectivity index (χ0) is 21.0. The molecule has 0 saturated carbocycles. The minimum absolute atomic E-state index is 0.0453. The number of benzene rings is 2. The lowest BCUT2D eigenvalue weighted by Crippen LogP contribution is -2.42. The van der Waals surface area contributed by atoms with Crippen molar-refractivity contribution >= 4 is 16.9 Å². The summed E-state index contributed by atoms with van der Waals surface area (Å²) in [5, 5.41) is 2.47. The summed E-state index contributed by atoms with van der Waals surface area (Å²) < 4.78 is 5.63. The molecule has 1 amide bonds. The molecule has 1 unspecified atom stereocenters. The average Bonchev–Trinajstić information content (AvgIpc) is 3.16. The smallest absolute Gasteiger partial charge is 0.410 e. The molecule has 1 aliphatic rings. The first-order valence-corrected chi connectivity index (χ1v) is 10.3. The summed E-state index contributed by atoms with van der Waals surface area (Å²) in [5.74, 6) is 0. The molecule has 3 rings (SSSR count). The number of ether oxygens (including phenoxy) is 1. The van der Waals surface area contributed by atoms with Gasteiger partial charge in [-0.3, -0.25) is 4.90 Å². The topological polar surface area (TPSA) is 32.8 Å². The van der Waals surface area contributed by atoms with Crippen LogP contribution in [0.2, 0.25) is 0 Å². The summed E-state index contributed by atoms with van der Waals surface area (Å²) >= 11 is 0. The number of nitrogens with zero attached hydrogens (tertiary/aromatic N) is 2. The van der Waals surface area contributed by atoms with E-state index in [1.54, 1.807) is 0 Å². The van der Waals surface area contributed by atoms with Crippen LogP contribution in [0.1, 0.15) is 46.1 Å². The number of likely N-dealkylation sites (tertiary alicyclic amines) is 1. The van der Waals surface area contributed by atoms with Crippen LogP contribution < -0.4 is 0 Å². The first-order valence-electron chi connectivity index (χ1n) is 10.3. The van der Waals surface area contributed by atoms with Gasteiger partial charge in [-0.05, 0) is 63.1 Å². The number of rotatable bonds is 5. The van der Waals surface area contributed by atoms with Crippen LogP contribution in [0.4, 0.5) is 4.79 Å². The van der Waals surface area contributed by atoms with Gasteiger partial charge in [0.15, 0.2) is 0 Å². The highest BCUT2D eigenvalue weighted by molar-refractivity contribution is 5.85. The Morgan fingerprint density at radius 2 is 1.97 bits per heavy atom. The third-order valence-electron chi connectivity index (χ3n) is 5.18. The lowest BCUT2D eigenvalue weighted by molar-refractivity contribution is 0.0236. The van der Waals surface area contributed by atoms with E-state index in [2.05, 4.69) is 60.1 Å². The summed E-state index contributed by atoms with van der Waals surface area (Å²) in [4.78, 5) is 16.7. The van der Waals surface area contributed by atoms with E-state index in [1.165, 1.54) is 16.3 Å². The second-order valence-corrected chi connectivity index (χ2v) is 8.57. The fraction of sp³-hybridized carbons (Fsp3) is 0.400. The van der Waals surface area contributed by atoms with Crippen molar-refractivity contribution in [1.82, 2.24) is 9.80 Å². The molecule has 0 aliphatic carbocycles. The molecular formula is C25H32N2O2. The van der Waals surface area contributed by atoms with Gasteiger partial charge in [0.2, 0.25) is 0 Å². The third-order valence-corrected chi connectivity index (χ3v) is 5.18. The minimum Gasteiger partial charge on any atom is -0.444 e. The second kappa shape index (κ2) is 8.73. The van der Waals surface area contributed by atoms with Crippen molar-refractivity contribution in [2.45, 2.75) is 58.7 Å². The Morgan fingerprint density at radius 1 is 1.24 bits per heavy atom. The number of hydrogen-bond acceptors (Lipinski definition) is 3. The van der Waals surface area contributed by atoms with Crippen LogP contribution in [-0.4, -0.2) is 34.1 Å². The molecule has 0 radical (unpaired) electrons. The lowest BCUT2D eigenvalue weighted by atomic mass is 10.0. The summed E-state index contributed by atoms with van der Waals surface area (Å²) in [6, 6.07) is 14.8. The molecule has 4 nitrogen and oxygen atoms in total. The Balaban J connectivity index is 1.83. The van der Waals surface area contributed by atoms with Crippen molar-refractivity contribution in [2.24, 2.45) is 0 Å². The molecule has 1 heterocycles. The van der Waals surface area contributed by atoms with Crippen molar-refractivity contribution in [3.8, 4) is 0 Å². The Bertz CT molecular complexity index is 905. The predicted molar refractivity (Wildman–Crippen MR) is 119 cm³/mol. The van der Waals surface area contributed by atoms with Crippen LogP contribution in [0.25, 0.3) is 10.8 Å². The molecule has 0 N–H and O–H groups in total. The van der Waals surface area contributed by atoms with Gasteiger partial charge >= 0.3 is 6.09 Å². The van der Waals surface area contributed by atoms with Crippen LogP contribution >= 0.6 is 0 Å². The number of hydrogen-bond donors (Lipinski definition) is 0. The molecule has 29 heavy (non-hydrogen) atoms. The van der Waals surface area contributed by atoms with Crippen molar-refractivity contribution < 1.29 is 9.53 Å². The van der Waals surface area contributed by atoms with Gasteiger partial charge in [0.1, 0.15) is 5.60 Å². The van der Waals surface area contributed by atoms with E-state index in [0.29, 0.717) is 13.1 Å². The van der Waals surface area contributed by atoms with Crippen molar-refractivity contribution in [1.29, 1.82) is 0 Å². The van der Waals surface area contributed by atoms with Crippen LogP contribution in [0.3, 0.4) is 0 Å². The lowest BCUT2D eigenvalue weighted by Gasteiger charge is -2.34. The molecule has 1 saturated heterocycles. The molecule has 154 valence electrons. The Kier molecular flexibility index (Phi) is 6.31. The minimum atomic E-state index is -0.502. The monoisotopic (exact) mass is 392 g/mol. The molecule has 2 aromatic carbocycles. The van der Waals surface area contributed by atoms with E-state index in [1.807, 2.05) is 38.7 Å². The number of allylic oxidation sites excluding steroid dienone is 1. The summed E-state index contributed by atoms with van der Waals surface area (Å²) in [6.07, 6.45) is 5.67. The largest absolute Gasteiger partial charge is 0.444 e. The normalized spacial score (nSPS) is 17.1. The second-order valence-electron chi connectivity index (χ2n) is 8.57. The Morgan fingerprint density at radius 3 is 2.69 bits per heavy atom. The van der Waals surface area contributed by atoms with Gasteiger partial charge in [0.25, 0.3) is 0 Å². The number of amides is 1. The highest BCUT2D eigenvalue weighted by Gasteiger charge is 2.35. The Labute approximate surface area is 174 Å². The van der Waals surface area contributed by atoms with Crippen LogP contribution in [0, 0.1) is 0 Å². The molecule has 0 spiro atoms. The highest BCUT2D eigenvalue weighted by Crippen LogP contribution is 2.29. The van der Waals surface area contributed by atoms with Gasteiger partial charge in [-0.15, -0.1) is 0 Å². The van der Waals surface area contributed by atoms with Gasteiger partial charge in [-0.2, -0.15) is 0 Å². The maximum absolute atomic E-state index is 12.7. The average molecular weight is 393 g/mol. The van der Waals surface area contributed by atoms with E-state index in [-0.39, 0.29) is 12.1 Å². The van der Waals surface area contributed by atoms with Crippen molar-refractivity contribution in [3.63, 3.8) is 0 Å². The van der Waals surface area contributed by atoms with Gasteiger partial charge in [-0.25, -0.2) is 4.79 Å². The maximum atomic E-state index is 12.7. The van der Waals surface area contributed by atoms with Crippen LogP contribution in [0.5, 0.6) is 0 Å². The Hall–Kier alpha value is -2.75. The summed E-state index contributed by atoms with van der Waals surface area (Å²) in [5.41, 5.74) is 1.67. The number of carbonyl (C=O) groups excluding carboxylic acids is 1. The van der Waals surface area contributed by atoms with Crippen molar-refractivity contribution in [2.75, 3.05) is 6.54 Å². The first-order chi connectivity index (χ1) is 13.8. The van der Waals surface area contributed by atoms with Gasteiger partial charge in [-0.1, -0.05) is 55.1 Å². The van der Waals surface area contributed by atoms with E-state index in [4.69, 9.17) is 4.74 Å². The van der Waals surface area contributed by atoms with Crippen LogP contribution in [0.15, 0.2) is 67.0 Å². The molecule has 2 aromatic rings. The van der Waals surface area contributed by atoms with Gasteiger partial charge < -0.3 is 9.64 Å². The highest BCUT2D eigenvalue weighted by atomic mass is 16.6. The van der Waals surface area contributed by atoms with E-state index in [0.717, 1.165) is 18.5 Å². The maximum Gasteiger partial charge on any atom is 0.410 e. The number of fused-ring (bicyclic) bond motifs is 1. The predicted octanol–water partition coefficient (Wildman–Crippen LogP) is 6.09. The quantitative estimate of drug-likeness (QED) is 0.617. The van der Waals surface area contributed by atoms with Crippen LogP contribution in [-0.2, 0) is 11.3 Å². The molecule has 0 aromatic heterocycles.